The molecule has 7 rings (SSSR count). The Morgan fingerprint density at radius 3 is 1.17 bits per heavy atom. The summed E-state index contributed by atoms with van der Waals surface area (Å²) in [5.74, 6) is 0.579. The van der Waals surface area contributed by atoms with Gasteiger partial charge in [-0.15, -0.1) is 0 Å². The van der Waals surface area contributed by atoms with E-state index in [-0.39, 0.29) is 19.5 Å². The van der Waals surface area contributed by atoms with Gasteiger partial charge in [0, 0.05) is 40.7 Å². The molecule has 0 amide bonds. The summed E-state index contributed by atoms with van der Waals surface area (Å²) in [7, 11) is -8.77. The maximum Gasteiger partial charge on any atom is 0.673 e. The monoisotopic (exact) mass is 922 g/mol. The zero-order chi connectivity index (χ0) is 40.3. The standard InChI is InChI=1S/C36H34O6P2.C8H12.BF4.Rh/c37-26-32-33(38)34(41-43(28-18-8-2-9-19-28)29-20-10-3-11-21-29)35(36(40-32)39-27-16-6-1-7-17-27)42-44(30-22-12-4-13-23-30)31-24-14-5-15-25-31;1-2-4-6-8-7-5-3-1;2-1(3,4)5;/h1-25,32-38H,26H2;1-2,7-8H,3-6H2;;/q;;-1;/b;2-1-,8-7-;;/t32-,33-,34+,35-,36-;;;/m1.../s1. The minimum atomic E-state index is -6.00. The van der Waals surface area contributed by atoms with Crippen LogP contribution in [-0.2, 0) is 33.3 Å². The van der Waals surface area contributed by atoms with Crippen LogP contribution in [0, 0.1) is 0 Å². The maximum atomic E-state index is 11.8. The SMILES string of the molecule is C1=C\CC/C=C\CC/1.F[B-](F)(F)F.OC[C@H]1O[C@@H](Oc2ccccc2)[C@H](OP(c2ccccc2)c2ccccc2)[C@@H](OP(c2ccccc2)c2ccccc2)[C@@H]1O.[Rh]. The Bertz CT molecular complexity index is 1790. The minimum absolute atomic E-state index is 0. The van der Waals surface area contributed by atoms with Crippen LogP contribution in [0.3, 0.4) is 0 Å². The van der Waals surface area contributed by atoms with Crippen molar-refractivity contribution >= 4 is 44.8 Å². The van der Waals surface area contributed by atoms with Crippen molar-refractivity contribution in [1.29, 1.82) is 0 Å². The van der Waals surface area contributed by atoms with E-state index in [0.717, 1.165) is 21.2 Å². The van der Waals surface area contributed by atoms with E-state index in [1.807, 2.05) is 152 Å². The number of benzene rings is 5. The van der Waals surface area contributed by atoms with Crippen LogP contribution in [-0.4, -0.2) is 54.8 Å². The van der Waals surface area contributed by atoms with Crippen LogP contribution >= 0.6 is 16.3 Å². The predicted molar refractivity (Wildman–Crippen MR) is 224 cm³/mol. The summed E-state index contributed by atoms with van der Waals surface area (Å²) < 4.78 is 65.7. The molecule has 1 fully saturated rings. The smallest absolute Gasteiger partial charge is 0.462 e. The molecule has 58 heavy (non-hydrogen) atoms. The van der Waals surface area contributed by atoms with Gasteiger partial charge in [-0.25, -0.2) is 0 Å². The largest absolute Gasteiger partial charge is 0.673 e. The van der Waals surface area contributed by atoms with E-state index in [1.165, 1.54) is 25.7 Å². The molecule has 5 aromatic carbocycles. The molecular weight excluding hydrogens is 876 g/mol. The fourth-order valence-corrected chi connectivity index (χ4v) is 9.70. The van der Waals surface area contributed by atoms with E-state index < -0.39 is 60.9 Å². The average Bonchev–Trinajstić information content (AvgIpc) is 3.21. The van der Waals surface area contributed by atoms with Gasteiger partial charge in [0.05, 0.1) is 22.9 Å². The Morgan fingerprint density at radius 2 is 0.845 bits per heavy atom. The molecule has 1 heterocycles. The van der Waals surface area contributed by atoms with Gasteiger partial charge in [-0.3, -0.25) is 0 Å². The van der Waals surface area contributed by atoms with E-state index in [2.05, 4.69) is 24.3 Å². The Kier molecular flexibility index (Phi) is 20.4. The molecule has 1 aliphatic heterocycles. The number of para-hydroxylation sites is 1. The molecule has 0 bridgehead atoms. The summed E-state index contributed by atoms with van der Waals surface area (Å²) >= 11 is 0. The molecule has 14 heteroatoms. The van der Waals surface area contributed by atoms with Crippen LogP contribution in [0.4, 0.5) is 17.3 Å². The first-order valence-electron chi connectivity index (χ1n) is 18.7. The second-order valence-electron chi connectivity index (χ2n) is 12.8. The van der Waals surface area contributed by atoms with Crippen molar-refractivity contribution in [2.24, 2.45) is 0 Å². The van der Waals surface area contributed by atoms with Gasteiger partial charge >= 0.3 is 7.25 Å². The molecule has 0 saturated carbocycles. The molecule has 309 valence electrons. The van der Waals surface area contributed by atoms with Gasteiger partial charge in [0.1, 0.15) is 24.1 Å². The Labute approximate surface area is 353 Å². The molecule has 0 spiro atoms. The van der Waals surface area contributed by atoms with Gasteiger partial charge in [0.15, 0.2) is 6.10 Å². The third kappa shape index (κ3) is 15.6. The Balaban J connectivity index is 0.000000456. The number of ether oxygens (including phenoxy) is 2. The second kappa shape index (κ2) is 25.2. The minimum Gasteiger partial charge on any atom is -0.462 e. The van der Waals surface area contributed by atoms with E-state index in [0.29, 0.717) is 5.75 Å². The van der Waals surface area contributed by atoms with Gasteiger partial charge in [-0.2, -0.15) is 0 Å². The van der Waals surface area contributed by atoms with Crippen LogP contribution in [0.1, 0.15) is 25.7 Å². The van der Waals surface area contributed by atoms with Gasteiger partial charge in [0.2, 0.25) is 6.29 Å². The van der Waals surface area contributed by atoms with Crippen molar-refractivity contribution in [2.45, 2.75) is 56.4 Å². The quantitative estimate of drug-likeness (QED) is 0.0597. The Hall–Kier alpha value is -3.55. The molecule has 2 N–H and O–H groups in total. The van der Waals surface area contributed by atoms with Crippen LogP contribution in [0.5, 0.6) is 5.75 Å². The summed E-state index contributed by atoms with van der Waals surface area (Å²) in [5, 5.41) is 26.0. The molecule has 5 atom stereocenters. The van der Waals surface area contributed by atoms with Crippen LogP contribution in [0.15, 0.2) is 176 Å². The molecule has 2 aliphatic rings. The zero-order valence-electron chi connectivity index (χ0n) is 31.5. The summed E-state index contributed by atoms with van der Waals surface area (Å²) in [4.78, 5) is 0. The molecule has 1 aliphatic carbocycles. The van der Waals surface area contributed by atoms with Gasteiger partial charge in [0.25, 0.3) is 0 Å². The molecule has 0 unspecified atom stereocenters. The van der Waals surface area contributed by atoms with Crippen molar-refractivity contribution in [2.75, 3.05) is 6.61 Å². The summed E-state index contributed by atoms with van der Waals surface area (Å²) in [6.45, 7) is -0.414. The first kappa shape index (κ1) is 47.1. The second-order valence-corrected chi connectivity index (χ2v) is 16.5. The fraction of sp³-hybridized carbons (Fsp3) is 0.227. The van der Waals surface area contributed by atoms with E-state index >= 15 is 0 Å². The number of hydrogen-bond donors (Lipinski definition) is 2. The number of rotatable bonds is 11. The number of halogens is 4. The number of allylic oxidation sites excluding steroid dienone is 4. The third-order valence-electron chi connectivity index (χ3n) is 8.54. The molecule has 6 nitrogen and oxygen atoms in total. The molecule has 1 saturated heterocycles. The van der Waals surface area contributed by atoms with Crippen molar-refractivity contribution in [3.05, 3.63) is 176 Å². The normalized spacial score (nSPS) is 21.4. The summed E-state index contributed by atoms with van der Waals surface area (Å²) in [5.41, 5.74) is 0. The predicted octanol–water partition coefficient (Wildman–Crippen LogP) is 8.98. The third-order valence-corrected chi connectivity index (χ3v) is 12.5. The first-order valence-corrected chi connectivity index (χ1v) is 21.2. The molecule has 5 aromatic rings. The van der Waals surface area contributed by atoms with Crippen molar-refractivity contribution in [1.82, 2.24) is 0 Å². The van der Waals surface area contributed by atoms with Crippen molar-refractivity contribution < 1.29 is 65.5 Å². The van der Waals surface area contributed by atoms with Crippen LogP contribution in [0.25, 0.3) is 0 Å². The number of aliphatic hydroxyl groups is 2. The molecule has 0 aromatic heterocycles. The average molecular weight is 923 g/mol. The van der Waals surface area contributed by atoms with Crippen LogP contribution < -0.4 is 26.0 Å². The van der Waals surface area contributed by atoms with E-state index in [1.54, 1.807) is 0 Å². The summed E-state index contributed by atoms with van der Waals surface area (Å²) in [6, 6.07) is 49.4. The van der Waals surface area contributed by atoms with Crippen LogP contribution in [0.2, 0.25) is 0 Å². The van der Waals surface area contributed by atoms with Gasteiger partial charge < -0.3 is 46.0 Å². The number of hydrogen-bond acceptors (Lipinski definition) is 6. The first-order chi connectivity index (χ1) is 27.7. The maximum absolute atomic E-state index is 11.8. The molecule has 1 radical (unpaired) electrons. The summed E-state index contributed by atoms with van der Waals surface area (Å²) in [6.07, 6.45) is 9.11. The molecular formula is C44H46BF4O6P2Rh-. The van der Waals surface area contributed by atoms with Gasteiger partial charge in [-0.1, -0.05) is 164 Å². The number of aliphatic hydroxyl groups excluding tert-OH is 2. The van der Waals surface area contributed by atoms with E-state index in [4.69, 9.17) is 18.5 Å². The van der Waals surface area contributed by atoms with E-state index in [9.17, 15) is 27.5 Å². The fourth-order valence-electron chi connectivity index (χ4n) is 5.90. The Morgan fingerprint density at radius 1 is 0.534 bits per heavy atom. The zero-order valence-corrected chi connectivity index (χ0v) is 34.9. The topological polar surface area (TPSA) is 77.4 Å². The van der Waals surface area contributed by atoms with Gasteiger partial charge in [-0.05, 0) is 37.8 Å². The van der Waals surface area contributed by atoms with Crippen molar-refractivity contribution in [3.8, 4) is 5.75 Å². The van der Waals surface area contributed by atoms with Crippen molar-refractivity contribution in [3.63, 3.8) is 0 Å².